The first-order valence-corrected chi connectivity index (χ1v) is 6.91. The fourth-order valence-corrected chi connectivity index (χ4v) is 3.32. The van der Waals surface area contributed by atoms with Crippen molar-refractivity contribution in [1.82, 2.24) is 19.8 Å². The quantitative estimate of drug-likeness (QED) is 0.764. The van der Waals surface area contributed by atoms with Crippen LogP contribution < -0.4 is 0 Å². The molecule has 0 bridgehead atoms. The van der Waals surface area contributed by atoms with Gasteiger partial charge in [-0.1, -0.05) is 11.6 Å². The van der Waals surface area contributed by atoms with E-state index in [-0.39, 0.29) is 5.41 Å². The molecule has 1 atom stereocenters. The number of halogens is 1. The zero-order valence-electron chi connectivity index (χ0n) is 11.0. The number of β-lactam (4-membered cyclic amide) rings is 1. The Morgan fingerprint density at radius 2 is 2.21 bits per heavy atom. The van der Waals surface area contributed by atoms with Crippen molar-refractivity contribution in [3.05, 3.63) is 23.2 Å². The highest BCUT2D eigenvalue weighted by Gasteiger charge is 2.52. The Morgan fingerprint density at radius 1 is 1.37 bits per heavy atom. The molecule has 1 aromatic heterocycles. The van der Waals surface area contributed by atoms with Gasteiger partial charge in [-0.3, -0.25) is 14.7 Å². The molecule has 2 fully saturated rings. The van der Waals surface area contributed by atoms with Gasteiger partial charge in [0.25, 0.3) is 0 Å². The van der Waals surface area contributed by atoms with Gasteiger partial charge in [-0.2, -0.15) is 0 Å². The molecule has 0 saturated carbocycles. The number of amides is 1. The lowest BCUT2D eigenvalue weighted by atomic mass is 9.72. The normalized spacial score (nSPS) is 27.7. The summed E-state index contributed by atoms with van der Waals surface area (Å²) in [6, 6.07) is 0. The number of aromatic nitrogens is 2. The van der Waals surface area contributed by atoms with E-state index in [1.54, 1.807) is 12.4 Å². The number of hydrogen-bond donors (Lipinski definition) is 0. The summed E-state index contributed by atoms with van der Waals surface area (Å²) in [6.07, 6.45) is 5.36. The SMILES string of the molecule is CN1C[C@]2(CCCN(Cc3cnc(Cl)cn3)C2)C1=O. The van der Waals surface area contributed by atoms with E-state index in [1.807, 2.05) is 11.9 Å². The Balaban J connectivity index is 1.66. The summed E-state index contributed by atoms with van der Waals surface area (Å²) in [7, 11) is 1.87. The van der Waals surface area contributed by atoms with Crippen LogP contribution in [-0.2, 0) is 11.3 Å². The molecule has 2 aliphatic heterocycles. The van der Waals surface area contributed by atoms with Crippen molar-refractivity contribution in [1.29, 1.82) is 0 Å². The van der Waals surface area contributed by atoms with Gasteiger partial charge in [-0.05, 0) is 19.4 Å². The summed E-state index contributed by atoms with van der Waals surface area (Å²) in [6.45, 7) is 3.47. The summed E-state index contributed by atoms with van der Waals surface area (Å²) in [4.78, 5) is 24.5. The van der Waals surface area contributed by atoms with E-state index >= 15 is 0 Å². The van der Waals surface area contributed by atoms with Crippen LogP contribution in [0, 0.1) is 5.41 Å². The molecule has 1 aromatic rings. The van der Waals surface area contributed by atoms with E-state index in [0.29, 0.717) is 11.1 Å². The smallest absolute Gasteiger partial charge is 0.231 e. The maximum absolute atomic E-state index is 12.0. The van der Waals surface area contributed by atoms with Crippen LogP contribution in [0.3, 0.4) is 0 Å². The zero-order valence-corrected chi connectivity index (χ0v) is 11.7. The standard InChI is InChI=1S/C13H17ClN4O/c1-17-8-13(12(17)19)3-2-4-18(9-13)7-10-5-16-11(14)6-15-10/h5-6H,2-4,7-9H2,1H3/t13-/m0/s1. The topological polar surface area (TPSA) is 49.3 Å². The molecular formula is C13H17ClN4O. The molecule has 0 radical (unpaired) electrons. The first-order chi connectivity index (χ1) is 9.09. The van der Waals surface area contributed by atoms with E-state index in [0.717, 1.165) is 44.7 Å². The van der Waals surface area contributed by atoms with Crippen molar-refractivity contribution in [2.24, 2.45) is 5.41 Å². The molecule has 1 spiro atoms. The average molecular weight is 281 g/mol. The molecule has 19 heavy (non-hydrogen) atoms. The van der Waals surface area contributed by atoms with Crippen molar-refractivity contribution < 1.29 is 4.79 Å². The largest absolute Gasteiger partial charge is 0.344 e. The molecule has 6 heteroatoms. The molecule has 2 saturated heterocycles. The molecule has 0 unspecified atom stereocenters. The van der Waals surface area contributed by atoms with E-state index in [4.69, 9.17) is 11.6 Å². The van der Waals surface area contributed by atoms with Crippen molar-refractivity contribution in [3.8, 4) is 0 Å². The third-order valence-corrected chi connectivity index (χ3v) is 4.25. The van der Waals surface area contributed by atoms with Gasteiger partial charge in [0.2, 0.25) is 5.91 Å². The summed E-state index contributed by atoms with van der Waals surface area (Å²) in [5.74, 6) is 0.291. The van der Waals surface area contributed by atoms with Crippen molar-refractivity contribution >= 4 is 17.5 Å². The van der Waals surface area contributed by atoms with Gasteiger partial charge in [0.05, 0.1) is 23.5 Å². The minimum atomic E-state index is -0.132. The second-order valence-corrected chi connectivity index (χ2v) is 5.97. The zero-order chi connectivity index (χ0) is 13.5. The fourth-order valence-electron chi connectivity index (χ4n) is 3.22. The highest BCUT2D eigenvalue weighted by atomic mass is 35.5. The monoisotopic (exact) mass is 280 g/mol. The fraction of sp³-hybridized carbons (Fsp3) is 0.615. The second-order valence-electron chi connectivity index (χ2n) is 5.59. The molecule has 0 aromatic carbocycles. The molecule has 3 heterocycles. The molecule has 0 N–H and O–H groups in total. The summed E-state index contributed by atoms with van der Waals surface area (Å²) in [5.41, 5.74) is 0.772. The predicted octanol–water partition coefficient (Wildman–Crippen LogP) is 1.18. The predicted molar refractivity (Wildman–Crippen MR) is 71.6 cm³/mol. The lowest BCUT2D eigenvalue weighted by molar-refractivity contribution is -0.163. The lowest BCUT2D eigenvalue weighted by Crippen LogP contribution is -2.65. The number of rotatable bonds is 2. The molecule has 3 rings (SSSR count). The molecule has 0 aliphatic carbocycles. The second kappa shape index (κ2) is 4.72. The third-order valence-electron chi connectivity index (χ3n) is 4.06. The van der Waals surface area contributed by atoms with Crippen LogP contribution in [0.15, 0.2) is 12.4 Å². The molecule has 102 valence electrons. The number of hydrogen-bond acceptors (Lipinski definition) is 4. The number of piperidine rings is 1. The summed E-state index contributed by atoms with van der Waals surface area (Å²) in [5, 5.41) is 0.412. The number of nitrogens with zero attached hydrogens (tertiary/aromatic N) is 4. The van der Waals surface area contributed by atoms with Gasteiger partial charge in [0.1, 0.15) is 5.15 Å². The van der Waals surface area contributed by atoms with E-state index < -0.39 is 0 Å². The van der Waals surface area contributed by atoms with Gasteiger partial charge in [0.15, 0.2) is 0 Å². The summed E-state index contributed by atoms with van der Waals surface area (Å²) >= 11 is 5.73. The van der Waals surface area contributed by atoms with Crippen LogP contribution in [0.4, 0.5) is 0 Å². The maximum atomic E-state index is 12.0. The van der Waals surface area contributed by atoms with Crippen LogP contribution in [-0.4, -0.2) is 52.4 Å². The van der Waals surface area contributed by atoms with Gasteiger partial charge >= 0.3 is 0 Å². The first kappa shape index (κ1) is 12.8. The van der Waals surface area contributed by atoms with Crippen molar-refractivity contribution in [3.63, 3.8) is 0 Å². The van der Waals surface area contributed by atoms with Crippen LogP contribution >= 0.6 is 11.6 Å². The molecule has 5 nitrogen and oxygen atoms in total. The van der Waals surface area contributed by atoms with Crippen LogP contribution in [0.25, 0.3) is 0 Å². The Kier molecular flexibility index (Phi) is 3.19. The van der Waals surface area contributed by atoms with Crippen LogP contribution in [0.2, 0.25) is 5.15 Å². The Hall–Kier alpha value is -1.20. The van der Waals surface area contributed by atoms with E-state index in [1.165, 1.54) is 0 Å². The summed E-state index contributed by atoms with van der Waals surface area (Å²) < 4.78 is 0. The highest BCUT2D eigenvalue weighted by Crippen LogP contribution is 2.39. The highest BCUT2D eigenvalue weighted by molar-refractivity contribution is 6.29. The Morgan fingerprint density at radius 3 is 2.84 bits per heavy atom. The lowest BCUT2D eigenvalue weighted by Gasteiger charge is -2.51. The Bertz CT molecular complexity index is 488. The molecule has 1 amide bonds. The number of carbonyl (C=O) groups is 1. The van der Waals surface area contributed by atoms with Gasteiger partial charge in [-0.25, -0.2) is 4.98 Å². The van der Waals surface area contributed by atoms with Crippen LogP contribution in [0.1, 0.15) is 18.5 Å². The van der Waals surface area contributed by atoms with Crippen molar-refractivity contribution in [2.45, 2.75) is 19.4 Å². The minimum absolute atomic E-state index is 0.132. The van der Waals surface area contributed by atoms with Gasteiger partial charge in [-0.15, -0.1) is 0 Å². The van der Waals surface area contributed by atoms with Crippen LogP contribution in [0.5, 0.6) is 0 Å². The van der Waals surface area contributed by atoms with E-state index in [9.17, 15) is 4.79 Å². The minimum Gasteiger partial charge on any atom is -0.344 e. The number of likely N-dealkylation sites (tertiary alicyclic amines) is 2. The maximum Gasteiger partial charge on any atom is 0.231 e. The van der Waals surface area contributed by atoms with Gasteiger partial charge < -0.3 is 4.90 Å². The molecular weight excluding hydrogens is 264 g/mol. The van der Waals surface area contributed by atoms with Gasteiger partial charge in [0, 0.05) is 26.7 Å². The Labute approximate surface area is 117 Å². The molecule has 2 aliphatic rings. The third kappa shape index (κ3) is 2.32. The van der Waals surface area contributed by atoms with Crippen molar-refractivity contribution in [2.75, 3.05) is 26.7 Å². The van der Waals surface area contributed by atoms with E-state index in [2.05, 4.69) is 14.9 Å². The first-order valence-electron chi connectivity index (χ1n) is 6.53. The average Bonchev–Trinajstić information content (AvgIpc) is 2.42. The number of carbonyl (C=O) groups excluding carboxylic acids is 1.